The van der Waals surface area contributed by atoms with Crippen molar-refractivity contribution in [2.24, 2.45) is 4.99 Å². The lowest BCUT2D eigenvalue weighted by Crippen LogP contribution is -2.38. The highest BCUT2D eigenvalue weighted by atomic mass is 79.9. The fourth-order valence-electron chi connectivity index (χ4n) is 1.88. The molecule has 1 aromatic carbocycles. The van der Waals surface area contributed by atoms with Crippen LogP contribution >= 0.6 is 15.9 Å². The summed E-state index contributed by atoms with van der Waals surface area (Å²) in [6, 6.07) is 9.07. The van der Waals surface area contributed by atoms with Gasteiger partial charge in [0.1, 0.15) is 5.82 Å². The van der Waals surface area contributed by atoms with Crippen LogP contribution in [0.3, 0.4) is 0 Å². The quantitative estimate of drug-likeness (QED) is 0.641. The van der Waals surface area contributed by atoms with Crippen LogP contribution in [0.4, 0.5) is 4.39 Å². The van der Waals surface area contributed by atoms with Gasteiger partial charge in [0, 0.05) is 39.1 Å². The fourth-order valence-corrected chi connectivity index (χ4v) is 2.13. The second-order valence-corrected chi connectivity index (χ2v) is 5.38. The number of aromatic nitrogens is 1. The molecule has 6 heteroatoms. The van der Waals surface area contributed by atoms with E-state index >= 15 is 0 Å². The van der Waals surface area contributed by atoms with Gasteiger partial charge in [-0.25, -0.2) is 4.39 Å². The molecule has 0 atom stereocenters. The monoisotopic (exact) mass is 352 g/mol. The molecule has 0 aliphatic carbocycles. The van der Waals surface area contributed by atoms with E-state index in [-0.39, 0.29) is 5.82 Å². The summed E-state index contributed by atoms with van der Waals surface area (Å²) in [5.41, 5.74) is 0.865. The Morgan fingerprint density at radius 1 is 1.29 bits per heavy atom. The van der Waals surface area contributed by atoms with Crippen LogP contribution in [0, 0.1) is 5.82 Å². The van der Waals surface area contributed by atoms with Gasteiger partial charge in [-0.15, -0.1) is 0 Å². The highest BCUT2D eigenvalue weighted by Crippen LogP contribution is 2.16. The molecule has 2 aromatic rings. The first-order valence-electron chi connectivity index (χ1n) is 6.68. The molecule has 0 radical (unpaired) electrons. The summed E-state index contributed by atoms with van der Waals surface area (Å²) in [6.45, 7) is 2.15. The highest BCUT2D eigenvalue weighted by molar-refractivity contribution is 9.10. The van der Waals surface area contributed by atoms with Crippen molar-refractivity contribution in [1.82, 2.24) is 15.2 Å². The minimum Gasteiger partial charge on any atom is -0.355 e. The van der Waals surface area contributed by atoms with E-state index in [0.29, 0.717) is 17.0 Å². The van der Waals surface area contributed by atoms with E-state index in [2.05, 4.69) is 36.1 Å². The van der Waals surface area contributed by atoms with Crippen molar-refractivity contribution >= 4 is 21.9 Å². The van der Waals surface area contributed by atoms with Gasteiger partial charge in [-0.2, -0.15) is 0 Å². The second-order valence-electron chi connectivity index (χ2n) is 4.52. The Balaban J connectivity index is 1.78. The molecule has 0 aliphatic heterocycles. The maximum atomic E-state index is 13.4. The third kappa shape index (κ3) is 4.90. The van der Waals surface area contributed by atoms with Crippen LogP contribution in [0.1, 0.15) is 5.56 Å². The number of rotatable bonds is 5. The Labute approximate surface area is 132 Å². The zero-order valence-corrected chi connectivity index (χ0v) is 13.4. The van der Waals surface area contributed by atoms with Gasteiger partial charge in [0.25, 0.3) is 0 Å². The van der Waals surface area contributed by atoms with Gasteiger partial charge in [-0.05, 0) is 45.8 Å². The second kappa shape index (κ2) is 7.83. The highest BCUT2D eigenvalue weighted by Gasteiger charge is 2.02. The molecule has 0 amide bonds. The summed E-state index contributed by atoms with van der Waals surface area (Å²) in [4.78, 5) is 4.14. The normalized spacial score (nSPS) is 11.5. The smallest absolute Gasteiger partial charge is 0.191 e. The number of halogens is 2. The molecule has 0 bridgehead atoms. The Morgan fingerprint density at radius 3 is 2.71 bits per heavy atom. The van der Waals surface area contributed by atoms with Crippen LogP contribution in [-0.4, -0.2) is 24.1 Å². The SMILES string of the molecule is CN=C(NCCn1cccc1)NCc1ccc(Br)c(F)c1. The van der Waals surface area contributed by atoms with Gasteiger partial charge in [-0.3, -0.25) is 4.99 Å². The average Bonchev–Trinajstić information content (AvgIpc) is 2.99. The first kappa shape index (κ1) is 15.6. The van der Waals surface area contributed by atoms with Crippen molar-refractivity contribution in [2.75, 3.05) is 13.6 Å². The molecule has 0 fully saturated rings. The van der Waals surface area contributed by atoms with Crippen LogP contribution in [0.15, 0.2) is 52.2 Å². The number of nitrogens with zero attached hydrogens (tertiary/aromatic N) is 2. The molecule has 0 saturated carbocycles. The predicted molar refractivity (Wildman–Crippen MR) is 86.7 cm³/mol. The minimum absolute atomic E-state index is 0.259. The Morgan fingerprint density at radius 2 is 2.05 bits per heavy atom. The first-order chi connectivity index (χ1) is 10.2. The number of benzene rings is 1. The van der Waals surface area contributed by atoms with E-state index in [9.17, 15) is 4.39 Å². The minimum atomic E-state index is -0.259. The molecule has 1 aromatic heterocycles. The molecular weight excluding hydrogens is 335 g/mol. The van der Waals surface area contributed by atoms with Crippen LogP contribution in [0.2, 0.25) is 0 Å². The van der Waals surface area contributed by atoms with Crippen molar-refractivity contribution in [3.8, 4) is 0 Å². The van der Waals surface area contributed by atoms with Crippen LogP contribution in [0.5, 0.6) is 0 Å². The molecule has 2 rings (SSSR count). The lowest BCUT2D eigenvalue weighted by atomic mass is 10.2. The molecule has 0 aliphatic rings. The fraction of sp³-hybridized carbons (Fsp3) is 0.267. The summed E-state index contributed by atoms with van der Waals surface area (Å²) in [5, 5.41) is 6.38. The lowest BCUT2D eigenvalue weighted by Gasteiger charge is -2.12. The van der Waals surface area contributed by atoms with Gasteiger partial charge in [0.05, 0.1) is 4.47 Å². The lowest BCUT2D eigenvalue weighted by molar-refractivity contribution is 0.617. The maximum absolute atomic E-state index is 13.4. The van der Waals surface area contributed by atoms with Crippen molar-refractivity contribution < 1.29 is 4.39 Å². The zero-order valence-electron chi connectivity index (χ0n) is 11.8. The van der Waals surface area contributed by atoms with Gasteiger partial charge in [0.2, 0.25) is 0 Å². The summed E-state index contributed by atoms with van der Waals surface area (Å²) in [5.74, 6) is 0.440. The molecule has 21 heavy (non-hydrogen) atoms. The first-order valence-corrected chi connectivity index (χ1v) is 7.47. The third-order valence-electron chi connectivity index (χ3n) is 3.00. The van der Waals surface area contributed by atoms with E-state index < -0.39 is 0 Å². The van der Waals surface area contributed by atoms with E-state index in [4.69, 9.17) is 0 Å². The van der Waals surface area contributed by atoms with Crippen molar-refractivity contribution in [3.05, 3.63) is 58.6 Å². The number of guanidine groups is 1. The predicted octanol–water partition coefficient (Wildman–Crippen LogP) is 2.75. The maximum Gasteiger partial charge on any atom is 0.191 e. The van der Waals surface area contributed by atoms with E-state index in [0.717, 1.165) is 18.7 Å². The Bertz CT molecular complexity index is 596. The van der Waals surface area contributed by atoms with Gasteiger partial charge >= 0.3 is 0 Å². The van der Waals surface area contributed by atoms with E-state index in [1.807, 2.05) is 30.6 Å². The molecule has 2 N–H and O–H groups in total. The number of aliphatic imine (C=N–C) groups is 1. The molecule has 0 spiro atoms. The van der Waals surface area contributed by atoms with E-state index in [1.54, 1.807) is 13.1 Å². The molecule has 0 saturated heterocycles. The average molecular weight is 353 g/mol. The molecule has 0 unspecified atom stereocenters. The van der Waals surface area contributed by atoms with Crippen LogP contribution in [0.25, 0.3) is 0 Å². The summed E-state index contributed by atoms with van der Waals surface area (Å²) >= 11 is 3.14. The van der Waals surface area contributed by atoms with Gasteiger partial charge < -0.3 is 15.2 Å². The largest absolute Gasteiger partial charge is 0.355 e. The number of hydrogen-bond donors (Lipinski definition) is 2. The molecule has 4 nitrogen and oxygen atoms in total. The molecular formula is C15H18BrFN4. The zero-order chi connectivity index (χ0) is 15.1. The van der Waals surface area contributed by atoms with Crippen molar-refractivity contribution in [3.63, 3.8) is 0 Å². The van der Waals surface area contributed by atoms with E-state index in [1.165, 1.54) is 6.07 Å². The Kier molecular flexibility index (Phi) is 5.80. The van der Waals surface area contributed by atoms with Crippen LogP contribution in [-0.2, 0) is 13.1 Å². The third-order valence-corrected chi connectivity index (χ3v) is 3.64. The van der Waals surface area contributed by atoms with Crippen LogP contribution < -0.4 is 10.6 Å². The molecule has 1 heterocycles. The van der Waals surface area contributed by atoms with Crippen molar-refractivity contribution in [1.29, 1.82) is 0 Å². The van der Waals surface area contributed by atoms with Crippen molar-refractivity contribution in [2.45, 2.75) is 13.1 Å². The number of hydrogen-bond acceptors (Lipinski definition) is 1. The number of nitrogens with one attached hydrogen (secondary N) is 2. The van der Waals surface area contributed by atoms with Gasteiger partial charge in [0.15, 0.2) is 5.96 Å². The van der Waals surface area contributed by atoms with Gasteiger partial charge in [-0.1, -0.05) is 6.07 Å². The summed E-state index contributed by atoms with van der Waals surface area (Å²) in [6.07, 6.45) is 4.03. The molecule has 112 valence electrons. The summed E-state index contributed by atoms with van der Waals surface area (Å²) < 4.78 is 16.0. The Hall–Kier alpha value is -1.82. The summed E-state index contributed by atoms with van der Waals surface area (Å²) in [7, 11) is 1.72. The topological polar surface area (TPSA) is 41.4 Å². The standard InChI is InChI=1S/C15H18BrFN4/c1-18-15(19-6-9-21-7-2-3-8-21)20-11-12-4-5-13(16)14(17)10-12/h2-5,7-8,10H,6,9,11H2,1H3,(H2,18,19,20).